The number of methoxy groups -OCH3 is 1. The van der Waals surface area contributed by atoms with Crippen molar-refractivity contribution in [1.82, 2.24) is 4.90 Å². The molecule has 8 heteroatoms. The molecule has 1 unspecified atom stereocenters. The van der Waals surface area contributed by atoms with Crippen LogP contribution in [0, 0.1) is 5.92 Å². The van der Waals surface area contributed by atoms with Gasteiger partial charge in [-0.1, -0.05) is 6.08 Å². The van der Waals surface area contributed by atoms with Gasteiger partial charge in [0, 0.05) is 25.5 Å². The van der Waals surface area contributed by atoms with E-state index in [1.807, 2.05) is 6.92 Å². The Hall–Kier alpha value is -2.35. The highest BCUT2D eigenvalue weighted by atomic mass is 16.8. The predicted octanol–water partition coefficient (Wildman–Crippen LogP) is 2.29. The number of nitrogens with zero attached hydrogens (tertiary/aromatic N) is 1. The highest BCUT2D eigenvalue weighted by Gasteiger charge is 2.58. The van der Waals surface area contributed by atoms with Crippen LogP contribution in [0.25, 0.3) is 0 Å². The summed E-state index contributed by atoms with van der Waals surface area (Å²) in [6.45, 7) is 5.05. The molecule has 0 aromatic rings. The second-order valence-corrected chi connectivity index (χ2v) is 6.70. The molecule has 0 bridgehead atoms. The maximum Gasteiger partial charge on any atom is 0.511 e. The third-order valence-corrected chi connectivity index (χ3v) is 5.27. The third-order valence-electron chi connectivity index (χ3n) is 5.27. The van der Waals surface area contributed by atoms with Crippen molar-refractivity contribution in [3.63, 3.8) is 0 Å². The van der Waals surface area contributed by atoms with E-state index in [0.717, 1.165) is 24.8 Å². The van der Waals surface area contributed by atoms with E-state index >= 15 is 0 Å². The minimum Gasteiger partial charge on any atom is -0.435 e. The minimum absolute atomic E-state index is 0.0523. The average Bonchev–Trinajstić information content (AvgIpc) is 2.93. The number of carbonyl (C=O) groups is 3. The van der Waals surface area contributed by atoms with Crippen LogP contribution >= 0.6 is 0 Å². The topological polar surface area (TPSA) is 91.4 Å². The molecule has 0 aromatic heterocycles. The van der Waals surface area contributed by atoms with E-state index in [-0.39, 0.29) is 36.3 Å². The smallest absolute Gasteiger partial charge is 0.435 e. The van der Waals surface area contributed by atoms with E-state index < -0.39 is 18.4 Å². The molecule has 27 heavy (non-hydrogen) atoms. The maximum absolute atomic E-state index is 12.9. The first-order chi connectivity index (χ1) is 12.9. The van der Waals surface area contributed by atoms with Crippen LogP contribution in [0.2, 0.25) is 0 Å². The largest absolute Gasteiger partial charge is 0.511 e. The maximum atomic E-state index is 12.9. The number of esters is 1. The van der Waals surface area contributed by atoms with Crippen molar-refractivity contribution >= 4 is 18.0 Å². The van der Waals surface area contributed by atoms with Gasteiger partial charge in [-0.05, 0) is 38.7 Å². The van der Waals surface area contributed by atoms with Crippen molar-refractivity contribution in [2.24, 2.45) is 5.92 Å². The molecule has 8 nitrogen and oxygen atoms in total. The van der Waals surface area contributed by atoms with Crippen molar-refractivity contribution < 1.29 is 33.3 Å². The number of rotatable bonds is 5. The molecular formula is C19H25NO7. The second kappa shape index (κ2) is 7.72. The average molecular weight is 379 g/mol. The van der Waals surface area contributed by atoms with Crippen molar-refractivity contribution in [2.45, 2.75) is 58.5 Å². The van der Waals surface area contributed by atoms with E-state index in [1.165, 1.54) is 11.8 Å². The summed E-state index contributed by atoms with van der Waals surface area (Å²) in [6.07, 6.45) is 2.15. The SMILES string of the molecule is C/C=C1/C(=O)N2C(C(=O)OC(C)OC(=O)OCC)=C3[C@@H](OC)CCC[C@@H]3[C@H]12. The van der Waals surface area contributed by atoms with E-state index in [0.29, 0.717) is 5.57 Å². The van der Waals surface area contributed by atoms with Crippen LogP contribution in [0.3, 0.4) is 0 Å². The molecule has 2 fully saturated rings. The van der Waals surface area contributed by atoms with Crippen molar-refractivity contribution in [2.75, 3.05) is 13.7 Å². The zero-order valence-electron chi connectivity index (χ0n) is 16.0. The van der Waals surface area contributed by atoms with Gasteiger partial charge >= 0.3 is 12.1 Å². The molecule has 0 spiro atoms. The predicted molar refractivity (Wildman–Crippen MR) is 93.2 cm³/mol. The summed E-state index contributed by atoms with van der Waals surface area (Å²) >= 11 is 0. The lowest BCUT2D eigenvalue weighted by atomic mass is 9.75. The zero-order chi connectivity index (χ0) is 19.7. The first kappa shape index (κ1) is 19.4. The highest BCUT2D eigenvalue weighted by Crippen LogP contribution is 2.51. The molecule has 3 rings (SSSR count). The summed E-state index contributed by atoms with van der Waals surface area (Å²) < 4.78 is 20.4. The third kappa shape index (κ3) is 3.22. The molecule has 0 aromatic carbocycles. The fourth-order valence-corrected chi connectivity index (χ4v) is 4.24. The number of hydrogen-bond acceptors (Lipinski definition) is 7. The van der Waals surface area contributed by atoms with Crippen LogP contribution in [0.4, 0.5) is 4.79 Å². The van der Waals surface area contributed by atoms with E-state index in [2.05, 4.69) is 4.74 Å². The quantitative estimate of drug-likeness (QED) is 0.313. The molecule has 2 aliphatic heterocycles. The van der Waals surface area contributed by atoms with Crippen molar-refractivity contribution in [1.29, 1.82) is 0 Å². The van der Waals surface area contributed by atoms with Crippen LogP contribution in [0.5, 0.6) is 0 Å². The standard InChI is InChI=1S/C19H25NO7/c1-5-11-15-12-8-7-9-13(24-4)14(12)16(20(15)17(11)21)18(22)26-10(3)27-19(23)25-6-2/h5,10,12-13,15H,6-9H2,1-4H3/b11-5+/t10?,12-,13-,15-/m0/s1. The number of β-lactam (4-membered cyclic amide) rings is 1. The molecule has 1 amide bonds. The van der Waals surface area contributed by atoms with Crippen molar-refractivity contribution in [3.8, 4) is 0 Å². The first-order valence-corrected chi connectivity index (χ1v) is 9.25. The van der Waals surface area contributed by atoms with Crippen LogP contribution < -0.4 is 0 Å². The lowest BCUT2D eigenvalue weighted by Crippen LogP contribution is -2.55. The van der Waals surface area contributed by atoms with Gasteiger partial charge < -0.3 is 18.9 Å². The fourth-order valence-electron chi connectivity index (χ4n) is 4.24. The number of allylic oxidation sites excluding steroid dienone is 1. The van der Waals surface area contributed by atoms with Gasteiger partial charge in [0.05, 0.1) is 18.8 Å². The summed E-state index contributed by atoms with van der Waals surface area (Å²) in [4.78, 5) is 38.3. The van der Waals surface area contributed by atoms with Crippen LogP contribution in [0.1, 0.15) is 40.0 Å². The van der Waals surface area contributed by atoms with Gasteiger partial charge in [0.15, 0.2) is 0 Å². The van der Waals surface area contributed by atoms with E-state index in [9.17, 15) is 14.4 Å². The van der Waals surface area contributed by atoms with Gasteiger partial charge in [0.25, 0.3) is 5.91 Å². The van der Waals surface area contributed by atoms with E-state index in [4.69, 9.17) is 14.2 Å². The van der Waals surface area contributed by atoms with Crippen LogP contribution in [-0.2, 0) is 28.5 Å². The second-order valence-electron chi connectivity index (χ2n) is 6.70. The summed E-state index contributed by atoms with van der Waals surface area (Å²) in [5, 5.41) is 0. The highest BCUT2D eigenvalue weighted by molar-refractivity contribution is 6.09. The Morgan fingerprint density at radius 2 is 2.04 bits per heavy atom. The summed E-state index contributed by atoms with van der Waals surface area (Å²) in [5.41, 5.74) is 1.76. The number of carbonyl (C=O) groups excluding carboxylic acids is 3. The number of ether oxygens (including phenoxy) is 4. The Morgan fingerprint density at radius 1 is 1.30 bits per heavy atom. The summed E-state index contributed by atoms with van der Waals surface area (Å²) in [7, 11) is 1.60. The molecule has 3 aliphatic rings. The molecule has 148 valence electrons. The van der Waals surface area contributed by atoms with Crippen molar-refractivity contribution in [3.05, 3.63) is 22.9 Å². The Labute approximate surface area is 158 Å². The molecule has 2 heterocycles. The Kier molecular flexibility index (Phi) is 5.55. The molecule has 1 aliphatic carbocycles. The Bertz CT molecular complexity index is 711. The molecular weight excluding hydrogens is 354 g/mol. The fraction of sp³-hybridized carbons (Fsp3) is 0.632. The molecule has 4 atom stereocenters. The number of amides is 1. The zero-order valence-corrected chi connectivity index (χ0v) is 16.0. The summed E-state index contributed by atoms with van der Waals surface area (Å²) in [5.74, 6) is -0.830. The lowest BCUT2D eigenvalue weighted by molar-refractivity contribution is -0.167. The van der Waals surface area contributed by atoms with Gasteiger partial charge in [0.1, 0.15) is 5.70 Å². The van der Waals surface area contributed by atoms with Gasteiger partial charge in [-0.15, -0.1) is 0 Å². The monoisotopic (exact) mass is 379 g/mol. The molecule has 1 saturated carbocycles. The number of hydrogen-bond donors (Lipinski definition) is 0. The van der Waals surface area contributed by atoms with Gasteiger partial charge in [-0.25, -0.2) is 9.59 Å². The Balaban J connectivity index is 1.85. The molecule has 0 N–H and O–H groups in total. The minimum atomic E-state index is -1.13. The van der Waals surface area contributed by atoms with Gasteiger partial charge in [-0.3, -0.25) is 9.69 Å². The lowest BCUT2D eigenvalue weighted by Gasteiger charge is -2.42. The Morgan fingerprint density at radius 3 is 2.67 bits per heavy atom. The normalized spacial score (nSPS) is 29.0. The van der Waals surface area contributed by atoms with Crippen LogP contribution in [-0.4, -0.2) is 55.1 Å². The van der Waals surface area contributed by atoms with E-state index in [1.54, 1.807) is 20.1 Å². The van der Waals surface area contributed by atoms with Gasteiger partial charge in [-0.2, -0.15) is 0 Å². The van der Waals surface area contributed by atoms with Crippen LogP contribution in [0.15, 0.2) is 22.9 Å². The first-order valence-electron chi connectivity index (χ1n) is 9.25. The molecule has 0 radical (unpaired) electrons. The molecule has 1 saturated heterocycles. The number of fused-ring (bicyclic) bond motifs is 3. The summed E-state index contributed by atoms with van der Waals surface area (Å²) in [6, 6.07) is -0.140. The van der Waals surface area contributed by atoms with Gasteiger partial charge in [0.2, 0.25) is 6.29 Å².